The Labute approximate surface area is 153 Å². The van der Waals surface area contributed by atoms with E-state index in [1.165, 1.54) is 11.3 Å². The van der Waals surface area contributed by atoms with Crippen molar-refractivity contribution in [3.8, 4) is 5.75 Å². The van der Waals surface area contributed by atoms with Gasteiger partial charge in [0.15, 0.2) is 0 Å². The molecule has 0 fully saturated rings. The third-order valence-corrected chi connectivity index (χ3v) is 4.89. The van der Waals surface area contributed by atoms with Crippen LogP contribution in [-0.2, 0) is 19.5 Å². The van der Waals surface area contributed by atoms with Gasteiger partial charge in [0.25, 0.3) is 0 Å². The van der Waals surface area contributed by atoms with Gasteiger partial charge in [-0.15, -0.1) is 0 Å². The molecule has 0 spiro atoms. The normalized spacial score (nSPS) is 17.0. The molecule has 0 unspecified atom stereocenters. The molecular formula is C20H23N5O. The molecule has 1 atom stereocenters. The number of hydrogen-bond donors (Lipinski definition) is 0. The first-order chi connectivity index (χ1) is 12.8. The summed E-state index contributed by atoms with van der Waals surface area (Å²) in [6, 6.07) is 8.17. The summed E-state index contributed by atoms with van der Waals surface area (Å²) in [7, 11) is 0. The number of aromatic nitrogens is 4. The van der Waals surface area contributed by atoms with Gasteiger partial charge in [0.2, 0.25) is 0 Å². The molecule has 0 bridgehead atoms. The lowest BCUT2D eigenvalue weighted by atomic mass is 10.1. The fourth-order valence-electron chi connectivity index (χ4n) is 3.45. The third-order valence-electron chi connectivity index (χ3n) is 4.89. The van der Waals surface area contributed by atoms with Crippen LogP contribution in [-0.4, -0.2) is 37.6 Å². The number of fused-ring (bicyclic) bond motifs is 1. The minimum atomic E-state index is 0.291. The maximum Gasteiger partial charge on any atom is 0.126 e. The van der Waals surface area contributed by atoms with Crippen molar-refractivity contribution in [3.05, 3.63) is 72.3 Å². The molecule has 3 aromatic rings. The number of rotatable bonds is 6. The van der Waals surface area contributed by atoms with E-state index in [0.717, 1.165) is 37.6 Å². The monoisotopic (exact) mass is 349 g/mol. The highest BCUT2D eigenvalue weighted by Gasteiger charge is 2.26. The van der Waals surface area contributed by atoms with E-state index in [0.29, 0.717) is 12.6 Å². The van der Waals surface area contributed by atoms with Crippen molar-refractivity contribution in [1.82, 2.24) is 24.4 Å². The van der Waals surface area contributed by atoms with Gasteiger partial charge in [-0.1, -0.05) is 6.07 Å². The summed E-state index contributed by atoms with van der Waals surface area (Å²) in [5, 5.41) is 0. The lowest BCUT2D eigenvalue weighted by Gasteiger charge is -2.34. The Morgan fingerprint density at radius 3 is 2.77 bits per heavy atom. The molecule has 0 N–H and O–H groups in total. The van der Waals surface area contributed by atoms with Crippen molar-refractivity contribution < 1.29 is 4.74 Å². The van der Waals surface area contributed by atoms with Crippen molar-refractivity contribution >= 4 is 0 Å². The SMILES string of the molecule is C[C@H]1c2ncc(CCOc3ccncc3)n2CCN1Cc1cccnc1. The van der Waals surface area contributed by atoms with Crippen LogP contribution in [0.5, 0.6) is 5.75 Å². The Morgan fingerprint density at radius 2 is 1.96 bits per heavy atom. The lowest BCUT2D eigenvalue weighted by molar-refractivity contribution is 0.154. The van der Waals surface area contributed by atoms with E-state index in [-0.39, 0.29) is 0 Å². The average molecular weight is 349 g/mol. The zero-order valence-corrected chi connectivity index (χ0v) is 15.0. The Balaban J connectivity index is 1.39. The molecule has 0 radical (unpaired) electrons. The van der Waals surface area contributed by atoms with Crippen LogP contribution in [0, 0.1) is 0 Å². The first kappa shape index (κ1) is 16.7. The van der Waals surface area contributed by atoms with Crippen molar-refractivity contribution in [2.75, 3.05) is 13.2 Å². The molecule has 1 aliphatic heterocycles. The van der Waals surface area contributed by atoms with Crippen molar-refractivity contribution in [3.63, 3.8) is 0 Å². The van der Waals surface area contributed by atoms with E-state index in [9.17, 15) is 0 Å². The molecule has 1 aliphatic rings. The fraction of sp³-hybridized carbons (Fsp3) is 0.350. The summed E-state index contributed by atoms with van der Waals surface area (Å²) in [5.41, 5.74) is 2.48. The first-order valence-electron chi connectivity index (χ1n) is 9.01. The van der Waals surface area contributed by atoms with Crippen LogP contribution in [0.15, 0.2) is 55.2 Å². The number of nitrogens with zero attached hydrogens (tertiary/aromatic N) is 5. The third kappa shape index (κ3) is 3.60. The maximum absolute atomic E-state index is 5.80. The highest BCUT2D eigenvalue weighted by Crippen LogP contribution is 2.27. The molecule has 3 aromatic heterocycles. The molecule has 6 heteroatoms. The highest BCUT2D eigenvalue weighted by molar-refractivity contribution is 5.17. The molecule has 4 heterocycles. The second-order valence-electron chi connectivity index (χ2n) is 6.55. The number of hydrogen-bond acceptors (Lipinski definition) is 5. The second kappa shape index (κ2) is 7.66. The molecule has 0 aromatic carbocycles. The van der Waals surface area contributed by atoms with E-state index < -0.39 is 0 Å². The smallest absolute Gasteiger partial charge is 0.126 e. The molecular weight excluding hydrogens is 326 g/mol. The highest BCUT2D eigenvalue weighted by atomic mass is 16.5. The van der Waals surface area contributed by atoms with Crippen LogP contribution >= 0.6 is 0 Å². The number of imidazole rings is 1. The standard InChI is InChI=1S/C20H23N5O/c1-16-20-23-14-18(6-12-26-19-4-8-21-9-5-19)25(20)11-10-24(16)15-17-3-2-7-22-13-17/h2-5,7-9,13-14,16H,6,10-12,15H2,1H3/t16-/m0/s1. The average Bonchev–Trinajstić information content (AvgIpc) is 3.10. The van der Waals surface area contributed by atoms with Gasteiger partial charge in [0, 0.05) is 62.7 Å². The zero-order valence-electron chi connectivity index (χ0n) is 15.0. The molecule has 134 valence electrons. The van der Waals surface area contributed by atoms with Crippen LogP contribution in [0.2, 0.25) is 0 Å². The fourth-order valence-corrected chi connectivity index (χ4v) is 3.45. The summed E-state index contributed by atoms with van der Waals surface area (Å²) in [4.78, 5) is 15.4. The molecule has 0 aliphatic carbocycles. The van der Waals surface area contributed by atoms with Crippen LogP contribution < -0.4 is 4.74 Å². The minimum Gasteiger partial charge on any atom is -0.493 e. The van der Waals surface area contributed by atoms with E-state index in [4.69, 9.17) is 9.72 Å². The number of ether oxygens (including phenoxy) is 1. The quantitative estimate of drug-likeness (QED) is 0.685. The summed E-state index contributed by atoms with van der Waals surface area (Å²) < 4.78 is 8.15. The van der Waals surface area contributed by atoms with Crippen molar-refractivity contribution in [1.29, 1.82) is 0 Å². The molecule has 0 saturated carbocycles. The van der Waals surface area contributed by atoms with Crippen LogP contribution in [0.25, 0.3) is 0 Å². The van der Waals surface area contributed by atoms with Gasteiger partial charge in [0.1, 0.15) is 11.6 Å². The van der Waals surface area contributed by atoms with E-state index >= 15 is 0 Å². The second-order valence-corrected chi connectivity index (χ2v) is 6.55. The summed E-state index contributed by atoms with van der Waals surface area (Å²) in [6.45, 7) is 5.75. The molecule has 26 heavy (non-hydrogen) atoms. The topological polar surface area (TPSA) is 56.1 Å². The minimum absolute atomic E-state index is 0.291. The van der Waals surface area contributed by atoms with Crippen LogP contribution in [0.4, 0.5) is 0 Å². The van der Waals surface area contributed by atoms with Crippen molar-refractivity contribution in [2.24, 2.45) is 0 Å². The van der Waals surface area contributed by atoms with Gasteiger partial charge in [-0.2, -0.15) is 0 Å². The van der Waals surface area contributed by atoms with Gasteiger partial charge < -0.3 is 9.30 Å². The van der Waals surface area contributed by atoms with Crippen LogP contribution in [0.1, 0.15) is 30.0 Å². The van der Waals surface area contributed by atoms with E-state index in [1.54, 1.807) is 12.4 Å². The van der Waals surface area contributed by atoms with Gasteiger partial charge in [-0.05, 0) is 30.7 Å². The first-order valence-corrected chi connectivity index (χ1v) is 9.01. The Bertz CT molecular complexity index is 834. The summed E-state index contributed by atoms with van der Waals surface area (Å²) in [6.07, 6.45) is 10.1. The Morgan fingerprint density at radius 1 is 1.08 bits per heavy atom. The van der Waals surface area contributed by atoms with Gasteiger partial charge in [0.05, 0.1) is 12.6 Å². The molecule has 0 saturated heterocycles. The maximum atomic E-state index is 5.80. The summed E-state index contributed by atoms with van der Waals surface area (Å²) >= 11 is 0. The predicted molar refractivity (Wildman–Crippen MR) is 98.7 cm³/mol. The van der Waals surface area contributed by atoms with Gasteiger partial charge >= 0.3 is 0 Å². The molecule has 4 rings (SSSR count). The van der Waals surface area contributed by atoms with E-state index in [2.05, 4.69) is 32.4 Å². The number of pyridine rings is 2. The van der Waals surface area contributed by atoms with Crippen molar-refractivity contribution in [2.45, 2.75) is 32.5 Å². The lowest BCUT2D eigenvalue weighted by Crippen LogP contribution is -2.37. The Kier molecular flexibility index (Phi) is 4.93. The largest absolute Gasteiger partial charge is 0.493 e. The van der Waals surface area contributed by atoms with Gasteiger partial charge in [-0.25, -0.2) is 4.98 Å². The summed E-state index contributed by atoms with van der Waals surface area (Å²) in [5.74, 6) is 1.99. The molecule has 0 amide bonds. The van der Waals surface area contributed by atoms with Crippen LogP contribution in [0.3, 0.4) is 0 Å². The van der Waals surface area contributed by atoms with E-state index in [1.807, 2.05) is 36.8 Å². The zero-order chi connectivity index (χ0) is 17.8. The Hall–Kier alpha value is -2.73. The van der Waals surface area contributed by atoms with Gasteiger partial charge in [-0.3, -0.25) is 14.9 Å². The predicted octanol–water partition coefficient (Wildman–Crippen LogP) is 2.87. The molecule has 6 nitrogen and oxygen atoms in total.